The van der Waals surface area contributed by atoms with Crippen LogP contribution in [0.5, 0.6) is 0 Å². The van der Waals surface area contributed by atoms with E-state index in [4.69, 9.17) is 0 Å². The summed E-state index contributed by atoms with van der Waals surface area (Å²) in [6, 6.07) is 4.48. The van der Waals surface area contributed by atoms with Crippen molar-refractivity contribution in [3.8, 4) is 0 Å². The summed E-state index contributed by atoms with van der Waals surface area (Å²) in [5.74, 6) is -0.646. The van der Waals surface area contributed by atoms with E-state index in [-0.39, 0.29) is 10.4 Å². The van der Waals surface area contributed by atoms with Crippen LogP contribution in [0.1, 0.15) is 29.6 Å². The van der Waals surface area contributed by atoms with Gasteiger partial charge >= 0.3 is 0 Å². The van der Waals surface area contributed by atoms with Crippen LogP contribution in [0.25, 0.3) is 0 Å². The van der Waals surface area contributed by atoms with E-state index < -0.39 is 5.82 Å². The number of carbonyl (C=O) groups excluding carboxylic acids is 1. The third-order valence-corrected chi connectivity index (χ3v) is 4.16. The number of halogens is 2. The van der Waals surface area contributed by atoms with Crippen molar-refractivity contribution in [1.29, 1.82) is 0 Å². The first-order valence-corrected chi connectivity index (χ1v) is 7.42. The smallest absolute Gasteiger partial charge is 0.252 e. The highest BCUT2D eigenvalue weighted by Crippen LogP contribution is 2.20. The van der Waals surface area contributed by atoms with Crippen LogP contribution in [0.2, 0.25) is 0 Å². The zero-order valence-corrected chi connectivity index (χ0v) is 12.4. The SMILES string of the molecule is O=C(NCCN1CCCCC1)c1cccc(F)c1Br. The average molecular weight is 329 g/mol. The van der Waals surface area contributed by atoms with E-state index in [0.29, 0.717) is 12.1 Å². The van der Waals surface area contributed by atoms with Crippen LogP contribution < -0.4 is 5.32 Å². The molecule has 1 fully saturated rings. The standard InChI is InChI=1S/C14H18BrFN2O/c15-13-11(5-4-6-12(13)16)14(19)17-7-10-18-8-2-1-3-9-18/h4-6H,1-3,7-10H2,(H,17,19). The van der Waals surface area contributed by atoms with Crippen LogP contribution in [-0.2, 0) is 0 Å². The molecule has 0 saturated carbocycles. The lowest BCUT2D eigenvalue weighted by atomic mass is 10.1. The molecule has 1 N–H and O–H groups in total. The summed E-state index contributed by atoms with van der Waals surface area (Å²) >= 11 is 3.10. The third kappa shape index (κ3) is 4.01. The Bertz CT molecular complexity index is 447. The molecule has 0 unspecified atom stereocenters. The molecule has 1 aromatic rings. The number of nitrogens with one attached hydrogen (secondary N) is 1. The molecule has 0 bridgehead atoms. The van der Waals surface area contributed by atoms with Gasteiger partial charge in [0.25, 0.3) is 5.91 Å². The van der Waals surface area contributed by atoms with Crippen LogP contribution in [0.4, 0.5) is 4.39 Å². The second-order valence-electron chi connectivity index (χ2n) is 4.76. The zero-order chi connectivity index (χ0) is 13.7. The first-order chi connectivity index (χ1) is 9.18. The Morgan fingerprint density at radius 2 is 2.05 bits per heavy atom. The molecule has 0 spiro atoms. The topological polar surface area (TPSA) is 32.3 Å². The summed E-state index contributed by atoms with van der Waals surface area (Å²) in [5.41, 5.74) is 0.346. The maximum absolute atomic E-state index is 13.3. The molecule has 5 heteroatoms. The van der Waals surface area contributed by atoms with Crippen LogP contribution >= 0.6 is 15.9 Å². The number of hydrogen-bond acceptors (Lipinski definition) is 2. The number of nitrogens with zero attached hydrogens (tertiary/aromatic N) is 1. The molecule has 1 heterocycles. The summed E-state index contributed by atoms with van der Waals surface area (Å²) in [4.78, 5) is 14.3. The lowest BCUT2D eigenvalue weighted by molar-refractivity contribution is 0.0945. The van der Waals surface area contributed by atoms with Crippen molar-refractivity contribution in [1.82, 2.24) is 10.2 Å². The summed E-state index contributed by atoms with van der Waals surface area (Å²) in [7, 11) is 0. The molecular formula is C14H18BrFN2O. The Labute approximate surface area is 121 Å². The Balaban J connectivity index is 1.82. The summed E-state index contributed by atoms with van der Waals surface area (Å²) in [6.07, 6.45) is 3.78. The van der Waals surface area contributed by atoms with Gasteiger partial charge in [0.05, 0.1) is 10.0 Å². The van der Waals surface area contributed by atoms with E-state index in [1.807, 2.05) is 0 Å². The molecule has 104 valence electrons. The number of amides is 1. The van der Waals surface area contributed by atoms with E-state index in [1.54, 1.807) is 12.1 Å². The van der Waals surface area contributed by atoms with Crippen LogP contribution in [-0.4, -0.2) is 37.0 Å². The van der Waals surface area contributed by atoms with E-state index in [1.165, 1.54) is 25.3 Å². The van der Waals surface area contributed by atoms with Gasteiger partial charge in [0, 0.05) is 13.1 Å². The first kappa shape index (κ1) is 14.5. The highest BCUT2D eigenvalue weighted by molar-refractivity contribution is 9.10. The second kappa shape index (κ2) is 7.01. The van der Waals surface area contributed by atoms with Gasteiger partial charge in [0.15, 0.2) is 0 Å². The van der Waals surface area contributed by atoms with Crippen molar-refractivity contribution >= 4 is 21.8 Å². The summed E-state index contributed by atoms with van der Waals surface area (Å²) in [6.45, 7) is 3.68. The van der Waals surface area contributed by atoms with Gasteiger partial charge in [-0.3, -0.25) is 4.79 Å². The van der Waals surface area contributed by atoms with E-state index in [0.717, 1.165) is 19.6 Å². The minimum atomic E-state index is -0.413. The van der Waals surface area contributed by atoms with Crippen molar-refractivity contribution < 1.29 is 9.18 Å². The molecule has 0 aromatic heterocycles. The normalized spacial score (nSPS) is 16.3. The number of likely N-dealkylation sites (tertiary alicyclic amines) is 1. The monoisotopic (exact) mass is 328 g/mol. The lowest BCUT2D eigenvalue weighted by Gasteiger charge is -2.26. The average Bonchev–Trinajstić information content (AvgIpc) is 2.43. The predicted octanol–water partition coefficient (Wildman–Crippen LogP) is 2.80. The number of piperidine rings is 1. The van der Waals surface area contributed by atoms with Crippen molar-refractivity contribution in [2.75, 3.05) is 26.2 Å². The van der Waals surface area contributed by atoms with Gasteiger partial charge in [-0.05, 0) is 54.0 Å². The molecule has 1 amide bonds. The highest BCUT2D eigenvalue weighted by Gasteiger charge is 2.14. The zero-order valence-electron chi connectivity index (χ0n) is 10.8. The predicted molar refractivity (Wildman–Crippen MR) is 76.7 cm³/mol. The molecular weight excluding hydrogens is 311 g/mol. The van der Waals surface area contributed by atoms with Gasteiger partial charge < -0.3 is 10.2 Å². The van der Waals surface area contributed by atoms with E-state index in [2.05, 4.69) is 26.1 Å². The van der Waals surface area contributed by atoms with Gasteiger partial charge in [-0.25, -0.2) is 4.39 Å². The summed E-state index contributed by atoms with van der Waals surface area (Å²) in [5, 5.41) is 2.84. The molecule has 1 aliphatic heterocycles. The maximum Gasteiger partial charge on any atom is 0.252 e. The molecule has 1 aromatic carbocycles. The maximum atomic E-state index is 13.3. The first-order valence-electron chi connectivity index (χ1n) is 6.63. The van der Waals surface area contributed by atoms with Crippen molar-refractivity contribution in [2.45, 2.75) is 19.3 Å². The minimum absolute atomic E-state index is 0.227. The third-order valence-electron chi connectivity index (χ3n) is 3.36. The number of hydrogen-bond donors (Lipinski definition) is 1. The van der Waals surface area contributed by atoms with Crippen molar-refractivity contribution in [2.24, 2.45) is 0 Å². The molecule has 0 atom stereocenters. The molecule has 0 radical (unpaired) electrons. The molecule has 1 saturated heterocycles. The van der Waals surface area contributed by atoms with Crippen LogP contribution in [0.15, 0.2) is 22.7 Å². The Kier molecular flexibility index (Phi) is 5.34. The fourth-order valence-electron chi connectivity index (χ4n) is 2.28. The van der Waals surface area contributed by atoms with Gasteiger partial charge in [-0.15, -0.1) is 0 Å². The molecule has 2 rings (SSSR count). The van der Waals surface area contributed by atoms with Gasteiger partial charge in [-0.2, -0.15) is 0 Å². The molecule has 3 nitrogen and oxygen atoms in total. The van der Waals surface area contributed by atoms with E-state index >= 15 is 0 Å². The minimum Gasteiger partial charge on any atom is -0.351 e. The number of carbonyl (C=O) groups is 1. The van der Waals surface area contributed by atoms with Crippen molar-refractivity contribution in [3.63, 3.8) is 0 Å². The quantitative estimate of drug-likeness (QED) is 0.921. The molecule has 1 aliphatic rings. The molecule has 0 aliphatic carbocycles. The van der Waals surface area contributed by atoms with Gasteiger partial charge in [0.2, 0.25) is 0 Å². The van der Waals surface area contributed by atoms with Gasteiger partial charge in [-0.1, -0.05) is 12.5 Å². The van der Waals surface area contributed by atoms with E-state index in [9.17, 15) is 9.18 Å². The number of benzene rings is 1. The fourth-order valence-corrected chi connectivity index (χ4v) is 2.73. The Morgan fingerprint density at radius 3 is 2.79 bits per heavy atom. The highest BCUT2D eigenvalue weighted by atomic mass is 79.9. The fraction of sp³-hybridized carbons (Fsp3) is 0.500. The van der Waals surface area contributed by atoms with Gasteiger partial charge in [0.1, 0.15) is 5.82 Å². The van der Waals surface area contributed by atoms with Crippen LogP contribution in [0.3, 0.4) is 0 Å². The number of rotatable bonds is 4. The Morgan fingerprint density at radius 1 is 1.32 bits per heavy atom. The van der Waals surface area contributed by atoms with Crippen molar-refractivity contribution in [3.05, 3.63) is 34.1 Å². The lowest BCUT2D eigenvalue weighted by Crippen LogP contribution is -2.37. The second-order valence-corrected chi connectivity index (χ2v) is 5.55. The summed E-state index contributed by atoms with van der Waals surface area (Å²) < 4.78 is 13.5. The van der Waals surface area contributed by atoms with Crippen LogP contribution in [0, 0.1) is 5.82 Å². The Hall–Kier alpha value is -0.940. The molecule has 19 heavy (non-hydrogen) atoms. The largest absolute Gasteiger partial charge is 0.351 e.